The first kappa shape index (κ1) is 13.4. The van der Waals surface area contributed by atoms with E-state index >= 15 is 0 Å². The lowest BCUT2D eigenvalue weighted by molar-refractivity contribution is -0.126. The fraction of sp³-hybridized carbons (Fsp3) is 0.412. The summed E-state index contributed by atoms with van der Waals surface area (Å²) in [6.45, 7) is 3.58. The summed E-state index contributed by atoms with van der Waals surface area (Å²) < 4.78 is 5.79. The normalized spacial score (nSPS) is 23.8. The smallest absolute Gasteiger partial charge is 0.247 e. The molecule has 0 spiro atoms. The lowest BCUT2D eigenvalue weighted by atomic mass is 10.1. The van der Waals surface area contributed by atoms with Gasteiger partial charge in [-0.15, -0.1) is 0 Å². The molecule has 1 saturated carbocycles. The fourth-order valence-electron chi connectivity index (χ4n) is 3.04. The number of hydrogen-bond acceptors (Lipinski definition) is 3. The monoisotopic (exact) mass is 297 g/mol. The molecule has 1 fully saturated rings. The Morgan fingerprint density at radius 2 is 2.36 bits per heavy atom. The quantitative estimate of drug-likeness (QED) is 0.886. The van der Waals surface area contributed by atoms with Crippen LogP contribution in [0.3, 0.4) is 0 Å². The summed E-state index contributed by atoms with van der Waals surface area (Å²) in [5.74, 6) is 3.11. The molecular weight excluding hydrogens is 278 g/mol. The molecule has 1 amide bonds. The van der Waals surface area contributed by atoms with Gasteiger partial charge in [0.05, 0.1) is 6.20 Å². The Morgan fingerprint density at radius 1 is 1.50 bits per heavy atom. The summed E-state index contributed by atoms with van der Waals surface area (Å²) in [5.41, 5.74) is 2.25. The van der Waals surface area contributed by atoms with Crippen molar-refractivity contribution in [3.8, 4) is 0 Å². The minimum Gasteiger partial charge on any atom is -0.461 e. The van der Waals surface area contributed by atoms with Crippen LogP contribution in [-0.4, -0.2) is 27.5 Å². The molecule has 22 heavy (non-hydrogen) atoms. The topological polar surface area (TPSA) is 62.1 Å². The zero-order chi connectivity index (χ0) is 15.1. The number of amides is 1. The van der Waals surface area contributed by atoms with Gasteiger partial charge in [-0.05, 0) is 30.5 Å². The summed E-state index contributed by atoms with van der Waals surface area (Å²) in [6, 6.07) is 3.96. The van der Waals surface area contributed by atoms with Gasteiger partial charge in [0.1, 0.15) is 11.5 Å². The first-order valence-electron chi connectivity index (χ1n) is 7.78. The van der Waals surface area contributed by atoms with Crippen molar-refractivity contribution in [3.05, 3.63) is 47.2 Å². The average Bonchev–Trinajstić information content (AvgIpc) is 2.97. The Kier molecular flexibility index (Phi) is 3.13. The molecule has 5 nitrogen and oxygen atoms in total. The first-order chi connectivity index (χ1) is 10.7. The number of aromatic amines is 1. The number of fused-ring (bicyclic) bond motifs is 1. The number of carbonyl (C=O) groups excluding carboxylic acids is 1. The molecule has 2 unspecified atom stereocenters. The first-order valence-corrected chi connectivity index (χ1v) is 7.78. The van der Waals surface area contributed by atoms with Crippen LogP contribution in [0.2, 0.25) is 0 Å². The molecule has 5 heteroatoms. The van der Waals surface area contributed by atoms with E-state index in [1.54, 1.807) is 18.3 Å². The number of carbonyl (C=O) groups is 1. The van der Waals surface area contributed by atoms with E-state index < -0.39 is 0 Å². The maximum atomic E-state index is 12.3. The fourth-order valence-corrected chi connectivity index (χ4v) is 3.04. The molecule has 0 bridgehead atoms. The molecule has 0 radical (unpaired) electrons. The molecule has 3 heterocycles. The van der Waals surface area contributed by atoms with Gasteiger partial charge in [0.15, 0.2) is 0 Å². The predicted octanol–water partition coefficient (Wildman–Crippen LogP) is 2.72. The maximum Gasteiger partial charge on any atom is 0.247 e. The van der Waals surface area contributed by atoms with Crippen LogP contribution in [0.5, 0.6) is 0 Å². The summed E-state index contributed by atoms with van der Waals surface area (Å²) in [6.07, 6.45) is 7.21. The Balaban J connectivity index is 1.40. The minimum atomic E-state index is 0.0181. The third-order valence-corrected chi connectivity index (χ3v) is 4.62. The molecule has 2 atom stereocenters. The van der Waals surface area contributed by atoms with Crippen LogP contribution < -0.4 is 0 Å². The van der Waals surface area contributed by atoms with Gasteiger partial charge in [-0.1, -0.05) is 6.92 Å². The van der Waals surface area contributed by atoms with Gasteiger partial charge in [0.25, 0.3) is 0 Å². The van der Waals surface area contributed by atoms with Crippen molar-refractivity contribution in [2.24, 2.45) is 5.92 Å². The highest BCUT2D eigenvalue weighted by Crippen LogP contribution is 2.47. The maximum absolute atomic E-state index is 12.3. The number of furan rings is 1. The van der Waals surface area contributed by atoms with Crippen molar-refractivity contribution < 1.29 is 9.21 Å². The molecule has 0 aromatic carbocycles. The van der Waals surface area contributed by atoms with Crippen LogP contribution in [-0.2, 0) is 17.8 Å². The minimum absolute atomic E-state index is 0.0181. The van der Waals surface area contributed by atoms with Crippen molar-refractivity contribution in [2.75, 3.05) is 6.54 Å². The second kappa shape index (κ2) is 5.16. The molecule has 4 rings (SSSR count). The van der Waals surface area contributed by atoms with Gasteiger partial charge in [0.2, 0.25) is 5.91 Å². The van der Waals surface area contributed by atoms with E-state index in [2.05, 4.69) is 17.1 Å². The molecule has 114 valence electrons. The van der Waals surface area contributed by atoms with Gasteiger partial charge in [-0.2, -0.15) is 5.10 Å². The molecule has 0 saturated heterocycles. The van der Waals surface area contributed by atoms with Crippen LogP contribution in [0, 0.1) is 5.92 Å². The van der Waals surface area contributed by atoms with Gasteiger partial charge >= 0.3 is 0 Å². The standard InChI is InChI=1S/C17H19N3O2/c1-11-8-14(11)16-4-2-13(22-16)3-5-17(21)20-7-6-15-12(10-20)9-18-19-15/h2-5,9,11,14H,6-8,10H2,1H3,(H,18,19). The molecule has 1 N–H and O–H groups in total. The summed E-state index contributed by atoms with van der Waals surface area (Å²) in [5, 5.41) is 7.00. The van der Waals surface area contributed by atoms with Gasteiger partial charge in [-0.25, -0.2) is 0 Å². The second-order valence-corrected chi connectivity index (χ2v) is 6.28. The van der Waals surface area contributed by atoms with E-state index in [0.717, 1.165) is 41.7 Å². The number of rotatable bonds is 3. The van der Waals surface area contributed by atoms with Crippen molar-refractivity contribution in [3.63, 3.8) is 0 Å². The number of nitrogens with zero attached hydrogens (tertiary/aromatic N) is 2. The van der Waals surface area contributed by atoms with Gasteiger partial charge in [-0.3, -0.25) is 9.89 Å². The SMILES string of the molecule is CC1CC1c1ccc(C=CC(=O)N2CCc3[nH]ncc3C2)o1. The third-order valence-electron chi connectivity index (χ3n) is 4.62. The predicted molar refractivity (Wildman–Crippen MR) is 82.0 cm³/mol. The van der Waals surface area contributed by atoms with Crippen molar-refractivity contribution in [1.82, 2.24) is 15.1 Å². The number of H-pyrrole nitrogens is 1. The van der Waals surface area contributed by atoms with Crippen LogP contribution in [0.25, 0.3) is 6.08 Å². The Morgan fingerprint density at radius 3 is 3.18 bits per heavy atom. The Bertz CT molecular complexity index is 728. The number of aromatic nitrogens is 2. The molecule has 2 aliphatic rings. The van der Waals surface area contributed by atoms with E-state index in [1.807, 2.05) is 17.0 Å². The Labute approximate surface area is 129 Å². The van der Waals surface area contributed by atoms with Crippen LogP contribution in [0.1, 0.15) is 42.0 Å². The largest absolute Gasteiger partial charge is 0.461 e. The van der Waals surface area contributed by atoms with E-state index in [9.17, 15) is 4.79 Å². The van der Waals surface area contributed by atoms with E-state index in [-0.39, 0.29) is 5.91 Å². The second-order valence-electron chi connectivity index (χ2n) is 6.28. The van der Waals surface area contributed by atoms with Crippen molar-refractivity contribution in [1.29, 1.82) is 0 Å². The highest BCUT2D eigenvalue weighted by molar-refractivity contribution is 5.91. The van der Waals surface area contributed by atoms with E-state index in [0.29, 0.717) is 12.5 Å². The highest BCUT2D eigenvalue weighted by Gasteiger charge is 2.36. The van der Waals surface area contributed by atoms with E-state index in [1.165, 1.54) is 6.42 Å². The van der Waals surface area contributed by atoms with Gasteiger partial charge < -0.3 is 9.32 Å². The number of nitrogens with one attached hydrogen (secondary N) is 1. The zero-order valence-electron chi connectivity index (χ0n) is 12.6. The lowest BCUT2D eigenvalue weighted by Crippen LogP contribution is -2.34. The lowest BCUT2D eigenvalue weighted by Gasteiger charge is -2.25. The third kappa shape index (κ3) is 2.47. The molecule has 2 aromatic rings. The summed E-state index contributed by atoms with van der Waals surface area (Å²) >= 11 is 0. The van der Waals surface area contributed by atoms with Gasteiger partial charge in [0, 0.05) is 42.8 Å². The summed E-state index contributed by atoms with van der Waals surface area (Å²) in [7, 11) is 0. The highest BCUT2D eigenvalue weighted by atomic mass is 16.3. The zero-order valence-corrected chi connectivity index (χ0v) is 12.6. The van der Waals surface area contributed by atoms with Crippen molar-refractivity contribution in [2.45, 2.75) is 32.2 Å². The number of hydrogen-bond donors (Lipinski definition) is 1. The van der Waals surface area contributed by atoms with Crippen LogP contribution in [0.4, 0.5) is 0 Å². The van der Waals surface area contributed by atoms with Crippen LogP contribution in [0.15, 0.2) is 28.8 Å². The summed E-state index contributed by atoms with van der Waals surface area (Å²) in [4.78, 5) is 14.1. The molecule has 2 aromatic heterocycles. The molecule has 1 aliphatic carbocycles. The van der Waals surface area contributed by atoms with Crippen molar-refractivity contribution >= 4 is 12.0 Å². The van der Waals surface area contributed by atoms with Crippen LogP contribution >= 0.6 is 0 Å². The molecular formula is C17H19N3O2. The molecule has 1 aliphatic heterocycles. The average molecular weight is 297 g/mol. The van der Waals surface area contributed by atoms with E-state index in [4.69, 9.17) is 4.42 Å². The Hall–Kier alpha value is -2.30.